The molecule has 0 saturated heterocycles. The minimum Gasteiger partial charge on any atom is -0.396 e. The van der Waals surface area contributed by atoms with E-state index in [1.165, 1.54) is 70.2 Å². The number of aliphatic hydroxyl groups is 2. The minimum atomic E-state index is 0.0625. The third-order valence-corrected chi connectivity index (χ3v) is 8.89. The van der Waals surface area contributed by atoms with E-state index in [2.05, 4.69) is 62.1 Å². The van der Waals surface area contributed by atoms with Gasteiger partial charge in [0.15, 0.2) is 0 Å². The van der Waals surface area contributed by atoms with E-state index < -0.39 is 0 Å². The SMILES string of the molecule is C=C(C)C=O.CCCc1ccc2c(c1)CCC(C1=Cc3ccc(C4CCC(C(CO)CO)CC4)cc3CC1)=C2. The third-order valence-electron chi connectivity index (χ3n) is 8.89. The number of aldehydes is 1. The van der Waals surface area contributed by atoms with Crippen LogP contribution in [0.2, 0.25) is 0 Å². The van der Waals surface area contributed by atoms with Crippen molar-refractivity contribution in [2.75, 3.05) is 13.2 Å². The van der Waals surface area contributed by atoms with Gasteiger partial charge in [-0.05, 0) is 127 Å². The zero-order valence-electron chi connectivity index (χ0n) is 23.9. The van der Waals surface area contributed by atoms with Crippen molar-refractivity contribution in [1.29, 1.82) is 0 Å². The number of benzene rings is 2. The molecule has 0 heterocycles. The predicted octanol–water partition coefficient (Wildman–Crippen LogP) is 7.63. The summed E-state index contributed by atoms with van der Waals surface area (Å²) in [4.78, 5) is 9.41. The van der Waals surface area contributed by atoms with Crippen LogP contribution in [0.3, 0.4) is 0 Å². The average Bonchev–Trinajstić information content (AvgIpc) is 2.98. The first-order chi connectivity index (χ1) is 18.9. The Labute approximate surface area is 235 Å². The van der Waals surface area contributed by atoms with E-state index in [1.807, 2.05) is 0 Å². The summed E-state index contributed by atoms with van der Waals surface area (Å²) in [7, 11) is 0. The second-order valence-electron chi connectivity index (χ2n) is 11.8. The lowest BCUT2D eigenvalue weighted by atomic mass is 9.73. The molecule has 1 fully saturated rings. The van der Waals surface area contributed by atoms with Gasteiger partial charge in [-0.3, -0.25) is 4.79 Å². The molecule has 3 aliphatic rings. The molecule has 0 aliphatic heterocycles. The van der Waals surface area contributed by atoms with E-state index in [-0.39, 0.29) is 19.1 Å². The van der Waals surface area contributed by atoms with Crippen LogP contribution in [0.1, 0.15) is 98.1 Å². The topological polar surface area (TPSA) is 57.5 Å². The molecule has 3 nitrogen and oxygen atoms in total. The molecular formula is C36H46O3. The van der Waals surface area contributed by atoms with Gasteiger partial charge in [0.05, 0.1) is 0 Å². The Morgan fingerprint density at radius 3 is 2.00 bits per heavy atom. The normalized spacial score (nSPS) is 20.1. The monoisotopic (exact) mass is 526 g/mol. The summed E-state index contributed by atoms with van der Waals surface area (Å²) in [5.74, 6) is 1.16. The van der Waals surface area contributed by atoms with Crippen molar-refractivity contribution in [3.05, 3.63) is 93.1 Å². The van der Waals surface area contributed by atoms with Crippen LogP contribution in [0.5, 0.6) is 0 Å². The molecule has 0 radical (unpaired) electrons. The molecule has 0 aromatic heterocycles. The lowest BCUT2D eigenvalue weighted by Gasteiger charge is -2.33. The summed E-state index contributed by atoms with van der Waals surface area (Å²) in [6.07, 6.45) is 17.2. The van der Waals surface area contributed by atoms with Gasteiger partial charge in [-0.2, -0.15) is 0 Å². The van der Waals surface area contributed by atoms with Crippen molar-refractivity contribution in [3.63, 3.8) is 0 Å². The largest absolute Gasteiger partial charge is 0.396 e. The van der Waals surface area contributed by atoms with Crippen LogP contribution in [0.25, 0.3) is 12.2 Å². The molecule has 3 heteroatoms. The summed E-state index contributed by atoms with van der Waals surface area (Å²) < 4.78 is 0. The summed E-state index contributed by atoms with van der Waals surface area (Å²) in [6.45, 7) is 7.44. The number of carbonyl (C=O) groups is 1. The maximum Gasteiger partial charge on any atom is 0.145 e. The van der Waals surface area contributed by atoms with E-state index in [0.717, 1.165) is 44.8 Å². The Kier molecular flexibility index (Phi) is 10.5. The number of aryl methyl sites for hydroxylation is 3. The number of hydrogen-bond acceptors (Lipinski definition) is 3. The minimum absolute atomic E-state index is 0.0625. The Balaban J connectivity index is 0.000000648. The van der Waals surface area contributed by atoms with Crippen molar-refractivity contribution in [2.45, 2.75) is 84.0 Å². The molecule has 2 aromatic rings. The number of allylic oxidation sites excluding steroid dienone is 3. The molecule has 5 rings (SSSR count). The van der Waals surface area contributed by atoms with Gasteiger partial charge in [-0.1, -0.05) is 68.5 Å². The zero-order valence-corrected chi connectivity index (χ0v) is 23.9. The Morgan fingerprint density at radius 2 is 1.46 bits per heavy atom. The molecule has 0 unspecified atom stereocenters. The molecule has 3 aliphatic carbocycles. The number of rotatable bonds is 8. The van der Waals surface area contributed by atoms with Gasteiger partial charge in [0.1, 0.15) is 6.29 Å². The molecule has 0 amide bonds. The molecular weight excluding hydrogens is 480 g/mol. The first kappa shape index (κ1) is 29.2. The van der Waals surface area contributed by atoms with Crippen molar-refractivity contribution in [1.82, 2.24) is 0 Å². The fourth-order valence-electron chi connectivity index (χ4n) is 6.54. The highest BCUT2D eigenvalue weighted by Crippen LogP contribution is 2.41. The van der Waals surface area contributed by atoms with Gasteiger partial charge in [-0.25, -0.2) is 0 Å². The summed E-state index contributed by atoms with van der Waals surface area (Å²) in [6, 6.07) is 14.3. The maximum absolute atomic E-state index is 9.52. The van der Waals surface area contributed by atoms with Crippen LogP contribution in [0, 0.1) is 11.8 Å². The van der Waals surface area contributed by atoms with E-state index >= 15 is 0 Å². The van der Waals surface area contributed by atoms with Crippen molar-refractivity contribution < 1.29 is 15.0 Å². The van der Waals surface area contributed by atoms with Gasteiger partial charge in [0, 0.05) is 19.1 Å². The molecule has 208 valence electrons. The number of aliphatic hydroxyl groups excluding tert-OH is 2. The number of carbonyl (C=O) groups excluding carboxylic acids is 1. The van der Waals surface area contributed by atoms with Crippen LogP contribution in [-0.2, 0) is 24.1 Å². The van der Waals surface area contributed by atoms with Gasteiger partial charge < -0.3 is 10.2 Å². The van der Waals surface area contributed by atoms with Crippen LogP contribution < -0.4 is 0 Å². The Morgan fingerprint density at radius 1 is 0.897 bits per heavy atom. The summed E-state index contributed by atoms with van der Waals surface area (Å²) in [5.41, 5.74) is 12.5. The molecule has 0 bridgehead atoms. The molecule has 39 heavy (non-hydrogen) atoms. The van der Waals surface area contributed by atoms with E-state index in [9.17, 15) is 15.0 Å². The zero-order chi connectivity index (χ0) is 27.8. The van der Waals surface area contributed by atoms with Crippen LogP contribution in [-0.4, -0.2) is 29.7 Å². The highest BCUT2D eigenvalue weighted by atomic mass is 16.3. The first-order valence-electron chi connectivity index (χ1n) is 14.9. The van der Waals surface area contributed by atoms with Gasteiger partial charge in [0.2, 0.25) is 0 Å². The van der Waals surface area contributed by atoms with Gasteiger partial charge in [-0.15, -0.1) is 0 Å². The highest BCUT2D eigenvalue weighted by Gasteiger charge is 2.28. The summed E-state index contributed by atoms with van der Waals surface area (Å²) >= 11 is 0. The average molecular weight is 527 g/mol. The maximum atomic E-state index is 9.52. The molecule has 2 aromatic carbocycles. The standard InChI is InChI=1S/C32H40O2.C4H6O/c1-2-3-22-4-5-27-18-29(12-10-25(27)16-22)31-15-14-28-17-26(11-13-30(28)19-31)23-6-8-24(9-7-23)32(20-33)21-34;1-4(2)3-5/h4-5,11,13,16-19,23-24,32-34H,2-3,6-10,12,14-15,20-21H2,1H3;3H,1H2,2H3. The second kappa shape index (κ2) is 14.1. The summed E-state index contributed by atoms with van der Waals surface area (Å²) in [5, 5.41) is 19.0. The predicted molar refractivity (Wildman–Crippen MR) is 163 cm³/mol. The quantitative estimate of drug-likeness (QED) is 0.275. The Hall–Kier alpha value is -2.75. The van der Waals surface area contributed by atoms with Crippen molar-refractivity contribution >= 4 is 18.4 Å². The van der Waals surface area contributed by atoms with Crippen LogP contribution in [0.4, 0.5) is 0 Å². The van der Waals surface area contributed by atoms with Gasteiger partial charge in [0.25, 0.3) is 0 Å². The van der Waals surface area contributed by atoms with E-state index in [1.54, 1.807) is 6.92 Å². The van der Waals surface area contributed by atoms with Crippen LogP contribution in [0.15, 0.2) is 59.7 Å². The molecule has 2 N–H and O–H groups in total. The van der Waals surface area contributed by atoms with Crippen LogP contribution >= 0.6 is 0 Å². The van der Waals surface area contributed by atoms with Crippen molar-refractivity contribution in [3.8, 4) is 0 Å². The van der Waals surface area contributed by atoms with E-state index in [0.29, 0.717) is 17.4 Å². The number of fused-ring (bicyclic) bond motifs is 2. The number of hydrogen-bond donors (Lipinski definition) is 2. The molecule has 0 spiro atoms. The lowest BCUT2D eigenvalue weighted by molar-refractivity contribution is -0.104. The fourth-order valence-corrected chi connectivity index (χ4v) is 6.54. The highest BCUT2D eigenvalue weighted by molar-refractivity contribution is 5.72. The van der Waals surface area contributed by atoms with Gasteiger partial charge >= 0.3 is 0 Å². The Bertz CT molecular complexity index is 1210. The molecule has 0 atom stereocenters. The fraction of sp³-hybridized carbons (Fsp3) is 0.472. The second-order valence-corrected chi connectivity index (χ2v) is 11.8. The third kappa shape index (κ3) is 7.47. The lowest BCUT2D eigenvalue weighted by Crippen LogP contribution is -2.26. The first-order valence-corrected chi connectivity index (χ1v) is 14.9. The molecule has 1 saturated carbocycles. The van der Waals surface area contributed by atoms with E-state index in [4.69, 9.17) is 0 Å². The smallest absolute Gasteiger partial charge is 0.145 e. The van der Waals surface area contributed by atoms with Crippen molar-refractivity contribution in [2.24, 2.45) is 11.8 Å².